The average Bonchev–Trinajstić information content (AvgIpc) is 2.97. The molecule has 0 spiro atoms. The predicted octanol–water partition coefficient (Wildman–Crippen LogP) is 8.41. The SMILES string of the molecule is O=C(O)c1ccccc1-c1ccc2ccccc2c1.O=C(O)c1ccccc1-c1ccc2ccccc2c1. The summed E-state index contributed by atoms with van der Waals surface area (Å²) in [6.45, 7) is 0. The Kier molecular flexibility index (Phi) is 6.96. The maximum absolute atomic E-state index is 11.3. The maximum Gasteiger partial charge on any atom is 0.336 e. The normalized spacial score (nSPS) is 10.5. The fourth-order valence-corrected chi connectivity index (χ4v) is 4.56. The van der Waals surface area contributed by atoms with Gasteiger partial charge in [-0.05, 0) is 68.1 Å². The minimum absolute atomic E-state index is 0.331. The summed E-state index contributed by atoms with van der Waals surface area (Å²) in [4.78, 5) is 22.5. The molecule has 0 aliphatic carbocycles. The number of carboxylic acid groups (broad SMARTS) is 2. The molecule has 0 atom stereocenters. The topological polar surface area (TPSA) is 74.6 Å². The number of benzene rings is 6. The van der Waals surface area contributed by atoms with E-state index in [4.69, 9.17) is 0 Å². The van der Waals surface area contributed by atoms with Crippen molar-refractivity contribution in [3.05, 3.63) is 145 Å². The zero-order valence-corrected chi connectivity index (χ0v) is 20.4. The summed E-state index contributed by atoms with van der Waals surface area (Å²) >= 11 is 0. The van der Waals surface area contributed by atoms with E-state index in [9.17, 15) is 19.8 Å². The summed E-state index contributed by atoms with van der Waals surface area (Å²) in [6.07, 6.45) is 0. The minimum atomic E-state index is -0.899. The second-order valence-corrected chi connectivity index (χ2v) is 8.83. The highest BCUT2D eigenvalue weighted by Crippen LogP contribution is 2.28. The van der Waals surface area contributed by atoms with Crippen molar-refractivity contribution in [1.82, 2.24) is 0 Å². The molecule has 6 aromatic rings. The van der Waals surface area contributed by atoms with Gasteiger partial charge in [0.2, 0.25) is 0 Å². The molecule has 0 saturated carbocycles. The van der Waals surface area contributed by atoms with Crippen LogP contribution >= 0.6 is 0 Å². The van der Waals surface area contributed by atoms with Gasteiger partial charge in [0.25, 0.3) is 0 Å². The number of carboxylic acids is 2. The van der Waals surface area contributed by atoms with Crippen molar-refractivity contribution in [2.45, 2.75) is 0 Å². The monoisotopic (exact) mass is 496 g/mol. The van der Waals surface area contributed by atoms with Crippen LogP contribution in [0.15, 0.2) is 133 Å². The van der Waals surface area contributed by atoms with Crippen LogP contribution in [0, 0.1) is 0 Å². The largest absolute Gasteiger partial charge is 0.478 e. The van der Waals surface area contributed by atoms with Gasteiger partial charge < -0.3 is 10.2 Å². The van der Waals surface area contributed by atoms with Crippen LogP contribution in [-0.2, 0) is 0 Å². The van der Waals surface area contributed by atoms with Crippen LogP contribution < -0.4 is 0 Å². The van der Waals surface area contributed by atoms with Gasteiger partial charge in [0, 0.05) is 0 Å². The number of fused-ring (bicyclic) bond motifs is 2. The third kappa shape index (κ3) is 5.15. The molecule has 0 aliphatic rings. The molecular formula is C34H24O4. The molecule has 2 N–H and O–H groups in total. The highest BCUT2D eigenvalue weighted by Gasteiger charge is 2.12. The molecular weight excluding hydrogens is 472 g/mol. The summed E-state index contributed by atoms with van der Waals surface area (Å²) in [5.74, 6) is -1.80. The molecule has 0 radical (unpaired) electrons. The molecule has 0 aromatic heterocycles. The predicted molar refractivity (Wildman–Crippen MR) is 153 cm³/mol. The Morgan fingerprint density at radius 2 is 0.737 bits per heavy atom. The summed E-state index contributed by atoms with van der Waals surface area (Å²) in [5.41, 5.74) is 4.02. The van der Waals surface area contributed by atoms with E-state index in [1.54, 1.807) is 24.3 Å². The van der Waals surface area contributed by atoms with Crippen LogP contribution in [0.5, 0.6) is 0 Å². The van der Waals surface area contributed by atoms with E-state index in [0.29, 0.717) is 11.1 Å². The number of hydrogen-bond donors (Lipinski definition) is 2. The van der Waals surface area contributed by atoms with Crippen molar-refractivity contribution >= 4 is 33.5 Å². The molecule has 0 saturated heterocycles. The van der Waals surface area contributed by atoms with Crippen LogP contribution in [0.25, 0.3) is 43.8 Å². The van der Waals surface area contributed by atoms with Crippen LogP contribution in [0.3, 0.4) is 0 Å². The Morgan fingerprint density at radius 3 is 1.13 bits per heavy atom. The highest BCUT2D eigenvalue weighted by molar-refractivity contribution is 5.98. The molecule has 184 valence electrons. The molecule has 6 rings (SSSR count). The lowest BCUT2D eigenvalue weighted by Gasteiger charge is -2.07. The van der Waals surface area contributed by atoms with Gasteiger partial charge in [0.1, 0.15) is 0 Å². The molecule has 4 heteroatoms. The van der Waals surface area contributed by atoms with Crippen LogP contribution in [0.2, 0.25) is 0 Å². The van der Waals surface area contributed by atoms with Crippen molar-refractivity contribution < 1.29 is 19.8 Å². The lowest BCUT2D eigenvalue weighted by atomic mass is 9.97. The lowest BCUT2D eigenvalue weighted by Crippen LogP contribution is -1.98. The average molecular weight is 497 g/mol. The van der Waals surface area contributed by atoms with E-state index in [1.807, 2.05) is 109 Å². The summed E-state index contributed by atoms with van der Waals surface area (Å²) < 4.78 is 0. The van der Waals surface area contributed by atoms with Crippen molar-refractivity contribution in [3.8, 4) is 22.3 Å². The van der Waals surface area contributed by atoms with Crippen molar-refractivity contribution in [3.63, 3.8) is 0 Å². The van der Waals surface area contributed by atoms with Gasteiger partial charge in [0.15, 0.2) is 0 Å². The maximum atomic E-state index is 11.3. The second-order valence-electron chi connectivity index (χ2n) is 8.83. The highest BCUT2D eigenvalue weighted by atomic mass is 16.4. The third-order valence-electron chi connectivity index (χ3n) is 6.44. The van der Waals surface area contributed by atoms with Gasteiger partial charge in [-0.2, -0.15) is 0 Å². The number of aromatic carboxylic acids is 2. The van der Waals surface area contributed by atoms with Crippen LogP contribution in [-0.4, -0.2) is 22.2 Å². The van der Waals surface area contributed by atoms with Crippen molar-refractivity contribution in [1.29, 1.82) is 0 Å². The van der Waals surface area contributed by atoms with Gasteiger partial charge in [-0.3, -0.25) is 0 Å². The van der Waals surface area contributed by atoms with E-state index < -0.39 is 11.9 Å². The molecule has 0 unspecified atom stereocenters. The summed E-state index contributed by atoms with van der Waals surface area (Å²) in [7, 11) is 0. The first kappa shape index (κ1) is 24.5. The Labute approximate surface area is 220 Å². The Bertz CT molecular complexity index is 1650. The standard InChI is InChI=1S/2C17H12O2/c2*18-17(19)16-8-4-3-7-15(16)14-10-9-12-5-1-2-6-13(12)11-14/h2*1-11H,(H,18,19). The fraction of sp³-hybridized carbons (Fsp3) is 0. The van der Waals surface area contributed by atoms with Gasteiger partial charge in [-0.25, -0.2) is 9.59 Å². The first-order valence-corrected chi connectivity index (χ1v) is 12.1. The molecule has 4 nitrogen and oxygen atoms in total. The van der Waals surface area contributed by atoms with Gasteiger partial charge in [-0.1, -0.05) is 109 Å². The zero-order valence-electron chi connectivity index (χ0n) is 20.4. The van der Waals surface area contributed by atoms with E-state index in [2.05, 4.69) is 0 Å². The first-order valence-electron chi connectivity index (χ1n) is 12.1. The van der Waals surface area contributed by atoms with E-state index in [-0.39, 0.29) is 0 Å². The van der Waals surface area contributed by atoms with Crippen molar-refractivity contribution in [2.24, 2.45) is 0 Å². The zero-order chi connectivity index (χ0) is 26.5. The summed E-state index contributed by atoms with van der Waals surface area (Å²) in [5, 5.41) is 23.0. The lowest BCUT2D eigenvalue weighted by molar-refractivity contribution is 0.0687. The number of rotatable bonds is 4. The Balaban J connectivity index is 0.000000155. The van der Waals surface area contributed by atoms with Gasteiger partial charge in [-0.15, -0.1) is 0 Å². The van der Waals surface area contributed by atoms with Crippen LogP contribution in [0.4, 0.5) is 0 Å². The number of carbonyl (C=O) groups is 2. The minimum Gasteiger partial charge on any atom is -0.478 e. The number of hydrogen-bond acceptors (Lipinski definition) is 2. The van der Waals surface area contributed by atoms with E-state index in [0.717, 1.165) is 43.8 Å². The smallest absolute Gasteiger partial charge is 0.336 e. The quantitative estimate of drug-likeness (QED) is 0.257. The Hall–Kier alpha value is -5.22. The molecule has 38 heavy (non-hydrogen) atoms. The molecule has 0 bridgehead atoms. The Morgan fingerprint density at radius 1 is 0.395 bits per heavy atom. The van der Waals surface area contributed by atoms with Crippen molar-refractivity contribution in [2.75, 3.05) is 0 Å². The van der Waals surface area contributed by atoms with E-state index >= 15 is 0 Å². The van der Waals surface area contributed by atoms with Crippen LogP contribution in [0.1, 0.15) is 20.7 Å². The van der Waals surface area contributed by atoms with Gasteiger partial charge in [0.05, 0.1) is 11.1 Å². The van der Waals surface area contributed by atoms with E-state index in [1.165, 1.54) is 0 Å². The molecule has 0 aliphatic heterocycles. The molecule has 0 amide bonds. The third-order valence-corrected chi connectivity index (χ3v) is 6.44. The molecule has 0 fully saturated rings. The second kappa shape index (κ2) is 10.8. The van der Waals surface area contributed by atoms with Gasteiger partial charge >= 0.3 is 11.9 Å². The fourth-order valence-electron chi connectivity index (χ4n) is 4.56. The first-order chi connectivity index (χ1) is 18.5. The molecule has 0 heterocycles. The molecule has 6 aromatic carbocycles. The summed E-state index contributed by atoms with van der Waals surface area (Å²) in [6, 6.07) is 42.3.